The van der Waals surface area contributed by atoms with Crippen LogP contribution in [0.3, 0.4) is 0 Å². The van der Waals surface area contributed by atoms with E-state index in [4.69, 9.17) is 11.6 Å². The van der Waals surface area contributed by atoms with E-state index in [1.165, 1.54) is 0 Å². The Labute approximate surface area is 138 Å². The molecule has 2 aromatic heterocycles. The van der Waals surface area contributed by atoms with Crippen molar-refractivity contribution in [2.45, 2.75) is 18.4 Å². The summed E-state index contributed by atoms with van der Waals surface area (Å²) in [6.07, 6.45) is 1.81. The minimum Gasteiger partial charge on any atom is -0.269 e. The van der Waals surface area contributed by atoms with Crippen molar-refractivity contribution in [3.05, 3.63) is 80.9 Å². The molecule has 22 heavy (non-hydrogen) atoms. The molecule has 2 heterocycles. The van der Waals surface area contributed by atoms with Crippen LogP contribution in [0.15, 0.2) is 53.5 Å². The zero-order chi connectivity index (χ0) is 15.5. The van der Waals surface area contributed by atoms with Gasteiger partial charge in [0.1, 0.15) is 5.65 Å². The highest BCUT2D eigenvalue weighted by Crippen LogP contribution is 2.22. The van der Waals surface area contributed by atoms with E-state index in [-0.39, 0.29) is 5.56 Å². The number of thioether (sulfide) groups is 1. The zero-order valence-electron chi connectivity index (χ0n) is 12.1. The van der Waals surface area contributed by atoms with Gasteiger partial charge in [-0.05, 0) is 30.2 Å². The van der Waals surface area contributed by atoms with Crippen molar-refractivity contribution < 1.29 is 0 Å². The maximum atomic E-state index is 12.1. The van der Waals surface area contributed by atoms with Crippen LogP contribution in [0.25, 0.3) is 5.65 Å². The molecule has 0 bridgehead atoms. The third kappa shape index (κ3) is 3.34. The predicted octanol–water partition coefficient (Wildman–Crippen LogP) is 4.09. The molecule has 0 atom stereocenters. The molecular formula is C17H15ClN2OS. The van der Waals surface area contributed by atoms with Crippen LogP contribution >= 0.6 is 23.4 Å². The molecule has 3 nitrogen and oxygen atoms in total. The molecule has 3 rings (SSSR count). The van der Waals surface area contributed by atoms with Gasteiger partial charge < -0.3 is 0 Å². The Kier molecular flexibility index (Phi) is 4.50. The lowest BCUT2D eigenvalue weighted by Crippen LogP contribution is -2.15. The second-order valence-electron chi connectivity index (χ2n) is 5.10. The highest BCUT2D eigenvalue weighted by Gasteiger charge is 2.04. The van der Waals surface area contributed by atoms with Gasteiger partial charge in [0.15, 0.2) is 0 Å². The van der Waals surface area contributed by atoms with Gasteiger partial charge in [-0.2, -0.15) is 11.8 Å². The number of fused-ring (bicyclic) bond motifs is 1. The smallest absolute Gasteiger partial charge is 0.258 e. The Hall–Kier alpha value is -1.78. The summed E-state index contributed by atoms with van der Waals surface area (Å²) in [4.78, 5) is 16.7. The molecule has 0 aliphatic heterocycles. The summed E-state index contributed by atoms with van der Waals surface area (Å²) in [6, 6.07) is 13.2. The second-order valence-corrected chi connectivity index (χ2v) is 6.50. The van der Waals surface area contributed by atoms with Crippen molar-refractivity contribution in [1.82, 2.24) is 9.38 Å². The molecule has 0 aliphatic carbocycles. The molecular weight excluding hydrogens is 316 g/mol. The van der Waals surface area contributed by atoms with Crippen molar-refractivity contribution in [3.63, 3.8) is 0 Å². The third-order valence-corrected chi connectivity index (χ3v) is 4.71. The largest absolute Gasteiger partial charge is 0.269 e. The van der Waals surface area contributed by atoms with Gasteiger partial charge in [0.2, 0.25) is 0 Å². The summed E-state index contributed by atoms with van der Waals surface area (Å²) < 4.78 is 1.58. The summed E-state index contributed by atoms with van der Waals surface area (Å²) in [6.45, 7) is 1.96. The van der Waals surface area contributed by atoms with E-state index >= 15 is 0 Å². The van der Waals surface area contributed by atoms with E-state index in [1.54, 1.807) is 22.2 Å². The maximum Gasteiger partial charge on any atom is 0.258 e. The fourth-order valence-electron chi connectivity index (χ4n) is 2.21. The molecule has 0 fully saturated rings. The number of nitrogens with zero attached hydrogens (tertiary/aromatic N) is 2. The summed E-state index contributed by atoms with van der Waals surface area (Å²) in [5.41, 5.74) is 3.58. The Morgan fingerprint density at radius 2 is 2.00 bits per heavy atom. The molecule has 1 aromatic carbocycles. The molecule has 0 saturated heterocycles. The van der Waals surface area contributed by atoms with Gasteiger partial charge in [-0.25, -0.2) is 4.98 Å². The summed E-state index contributed by atoms with van der Waals surface area (Å²) in [7, 11) is 0. The van der Waals surface area contributed by atoms with Crippen molar-refractivity contribution in [2.75, 3.05) is 0 Å². The summed E-state index contributed by atoms with van der Waals surface area (Å²) >= 11 is 7.84. The first-order valence-electron chi connectivity index (χ1n) is 6.93. The highest BCUT2D eigenvalue weighted by atomic mass is 35.5. The van der Waals surface area contributed by atoms with Crippen LogP contribution < -0.4 is 5.56 Å². The van der Waals surface area contributed by atoms with Crippen LogP contribution in [0, 0.1) is 6.92 Å². The standard InChI is InChI=1S/C17H15ClN2OS/c1-12-6-7-16-19-14(8-17(21)20(16)9-12)11-22-10-13-4-2-3-5-15(13)18/h2-9H,10-11H2,1H3. The second kappa shape index (κ2) is 6.55. The SMILES string of the molecule is Cc1ccc2nc(CSCc3ccccc3Cl)cc(=O)n2c1. The maximum absolute atomic E-state index is 12.1. The molecule has 112 valence electrons. The molecule has 5 heteroatoms. The number of hydrogen-bond acceptors (Lipinski definition) is 3. The minimum absolute atomic E-state index is 0.0398. The van der Waals surface area contributed by atoms with Gasteiger partial charge in [0.05, 0.1) is 5.69 Å². The summed E-state index contributed by atoms with van der Waals surface area (Å²) in [5.74, 6) is 1.49. The van der Waals surface area contributed by atoms with E-state index in [9.17, 15) is 4.79 Å². The number of aryl methyl sites for hydroxylation is 1. The predicted molar refractivity (Wildman–Crippen MR) is 92.7 cm³/mol. The number of hydrogen-bond donors (Lipinski definition) is 0. The Morgan fingerprint density at radius 1 is 1.18 bits per heavy atom. The van der Waals surface area contributed by atoms with Crippen LogP contribution in [0.4, 0.5) is 0 Å². The molecule has 0 amide bonds. The van der Waals surface area contributed by atoms with Crippen LogP contribution in [0.1, 0.15) is 16.8 Å². The first kappa shape index (κ1) is 15.1. The highest BCUT2D eigenvalue weighted by molar-refractivity contribution is 7.97. The molecule has 0 spiro atoms. The number of pyridine rings is 1. The van der Waals surface area contributed by atoms with E-state index < -0.39 is 0 Å². The van der Waals surface area contributed by atoms with Crippen LogP contribution in [0.2, 0.25) is 5.02 Å². The van der Waals surface area contributed by atoms with Crippen LogP contribution in [-0.2, 0) is 11.5 Å². The van der Waals surface area contributed by atoms with Crippen molar-refractivity contribution in [2.24, 2.45) is 0 Å². The van der Waals surface area contributed by atoms with E-state index in [1.807, 2.05) is 49.5 Å². The molecule has 0 radical (unpaired) electrons. The van der Waals surface area contributed by atoms with Gasteiger partial charge in [-0.15, -0.1) is 0 Å². The van der Waals surface area contributed by atoms with Crippen LogP contribution in [-0.4, -0.2) is 9.38 Å². The quantitative estimate of drug-likeness (QED) is 0.722. The lowest BCUT2D eigenvalue weighted by molar-refractivity contribution is 1.00. The third-order valence-electron chi connectivity index (χ3n) is 3.33. The zero-order valence-corrected chi connectivity index (χ0v) is 13.7. The number of aromatic nitrogens is 2. The van der Waals surface area contributed by atoms with E-state index in [0.717, 1.165) is 27.6 Å². The fourth-order valence-corrected chi connectivity index (χ4v) is 3.43. The Morgan fingerprint density at radius 3 is 2.82 bits per heavy atom. The number of halogens is 1. The van der Waals surface area contributed by atoms with Gasteiger partial charge in [-0.3, -0.25) is 9.20 Å². The van der Waals surface area contributed by atoms with Gasteiger partial charge >= 0.3 is 0 Å². The monoisotopic (exact) mass is 330 g/mol. The average molecular weight is 331 g/mol. The number of rotatable bonds is 4. The molecule has 3 aromatic rings. The van der Waals surface area contributed by atoms with E-state index in [0.29, 0.717) is 11.4 Å². The molecule has 0 unspecified atom stereocenters. The summed E-state index contributed by atoms with van der Waals surface area (Å²) in [5, 5.41) is 0.775. The fraction of sp³-hybridized carbons (Fsp3) is 0.176. The van der Waals surface area contributed by atoms with Gasteiger partial charge in [0.25, 0.3) is 5.56 Å². The van der Waals surface area contributed by atoms with E-state index in [2.05, 4.69) is 4.98 Å². The lowest BCUT2D eigenvalue weighted by Gasteiger charge is -2.06. The van der Waals surface area contributed by atoms with Crippen molar-refractivity contribution in [1.29, 1.82) is 0 Å². The van der Waals surface area contributed by atoms with Gasteiger partial charge in [-0.1, -0.05) is 35.9 Å². The van der Waals surface area contributed by atoms with Crippen molar-refractivity contribution >= 4 is 29.0 Å². The Bertz CT molecular complexity index is 876. The molecule has 0 N–H and O–H groups in total. The topological polar surface area (TPSA) is 34.4 Å². The Balaban J connectivity index is 1.76. The minimum atomic E-state index is -0.0398. The first-order valence-corrected chi connectivity index (χ1v) is 8.47. The molecule has 0 aliphatic rings. The average Bonchev–Trinajstić information content (AvgIpc) is 2.50. The van der Waals surface area contributed by atoms with Crippen molar-refractivity contribution in [3.8, 4) is 0 Å². The first-order chi connectivity index (χ1) is 10.6. The molecule has 0 saturated carbocycles. The lowest BCUT2D eigenvalue weighted by atomic mass is 10.2. The number of benzene rings is 1. The van der Waals surface area contributed by atoms with Gasteiger partial charge in [0, 0.05) is 28.8 Å². The normalized spacial score (nSPS) is 11.0. The van der Waals surface area contributed by atoms with Crippen LogP contribution in [0.5, 0.6) is 0 Å².